The molecule has 1 nitrogen and oxygen atoms in total. The summed E-state index contributed by atoms with van der Waals surface area (Å²) in [5.74, 6) is 0.539. The Morgan fingerprint density at radius 1 is 0.963 bits per heavy atom. The second kappa shape index (κ2) is 8.32. The summed E-state index contributed by atoms with van der Waals surface area (Å²) in [6.45, 7) is 2.21. The van der Waals surface area contributed by atoms with Crippen molar-refractivity contribution in [1.29, 1.82) is 0 Å². The molecule has 0 aliphatic heterocycles. The van der Waals surface area contributed by atoms with Gasteiger partial charge in [-0.15, -0.1) is 13.2 Å². The Morgan fingerprint density at radius 2 is 1.63 bits per heavy atom. The topological polar surface area (TPSA) is 9.23 Å². The molecule has 2 aromatic rings. The third kappa shape index (κ3) is 5.24. The van der Waals surface area contributed by atoms with Crippen LogP contribution in [0.1, 0.15) is 56.9 Å². The molecule has 0 amide bonds. The minimum atomic E-state index is -4.73. The molecule has 0 spiro atoms. The molecule has 2 aromatic carbocycles. The number of ether oxygens (including phenoxy) is 1. The van der Waals surface area contributed by atoms with Gasteiger partial charge in [-0.05, 0) is 66.8 Å². The Balaban J connectivity index is 1.70. The standard InChI is InChI=1S/C22H24F4O/c1-2-3-15-4-6-16(7-5-15)18-10-13-20(21(23)14-18)17-8-11-19(12-9-17)27-22(24,25)26/h8-16H,2-7H2,1H3. The molecular weight excluding hydrogens is 356 g/mol. The van der Waals surface area contributed by atoms with Gasteiger partial charge in [-0.2, -0.15) is 0 Å². The van der Waals surface area contributed by atoms with Crippen molar-refractivity contribution in [2.75, 3.05) is 0 Å². The maximum absolute atomic E-state index is 14.6. The molecule has 1 aliphatic rings. The first-order valence-electron chi connectivity index (χ1n) is 9.51. The Morgan fingerprint density at radius 3 is 2.19 bits per heavy atom. The first-order chi connectivity index (χ1) is 12.9. The molecule has 1 aliphatic carbocycles. The monoisotopic (exact) mass is 380 g/mol. The fourth-order valence-corrected chi connectivity index (χ4v) is 4.05. The Hall–Kier alpha value is -2.04. The molecule has 0 unspecified atom stereocenters. The maximum Gasteiger partial charge on any atom is 0.573 e. The van der Waals surface area contributed by atoms with Gasteiger partial charge in [-0.1, -0.05) is 44.0 Å². The lowest BCUT2D eigenvalue weighted by Gasteiger charge is -2.28. The molecule has 1 saturated carbocycles. The molecule has 0 saturated heterocycles. The highest BCUT2D eigenvalue weighted by Gasteiger charge is 2.31. The summed E-state index contributed by atoms with van der Waals surface area (Å²) in [6.07, 6.45) is 2.33. The van der Waals surface area contributed by atoms with Crippen molar-refractivity contribution in [3.05, 3.63) is 53.8 Å². The van der Waals surface area contributed by atoms with Crippen LogP contribution in [0.2, 0.25) is 0 Å². The number of rotatable bonds is 5. The Bertz CT molecular complexity index is 744. The lowest BCUT2D eigenvalue weighted by molar-refractivity contribution is -0.274. The average Bonchev–Trinajstić information content (AvgIpc) is 2.62. The van der Waals surface area contributed by atoms with Crippen LogP contribution in [0.5, 0.6) is 5.75 Å². The van der Waals surface area contributed by atoms with Crippen LogP contribution in [0.3, 0.4) is 0 Å². The fourth-order valence-electron chi connectivity index (χ4n) is 4.05. The first kappa shape index (κ1) is 19.7. The van der Waals surface area contributed by atoms with E-state index in [0.29, 0.717) is 17.0 Å². The summed E-state index contributed by atoms with van der Waals surface area (Å²) in [6, 6.07) is 10.5. The average molecular weight is 380 g/mol. The molecule has 3 rings (SSSR count). The van der Waals surface area contributed by atoms with Crippen LogP contribution in [-0.4, -0.2) is 6.36 Å². The highest BCUT2D eigenvalue weighted by molar-refractivity contribution is 5.65. The van der Waals surface area contributed by atoms with Crippen LogP contribution in [0.15, 0.2) is 42.5 Å². The van der Waals surface area contributed by atoms with Crippen molar-refractivity contribution in [3.63, 3.8) is 0 Å². The highest BCUT2D eigenvalue weighted by atomic mass is 19.4. The van der Waals surface area contributed by atoms with E-state index in [-0.39, 0.29) is 11.6 Å². The molecule has 0 radical (unpaired) electrons. The number of hydrogen-bond acceptors (Lipinski definition) is 1. The van der Waals surface area contributed by atoms with Crippen molar-refractivity contribution in [3.8, 4) is 16.9 Å². The van der Waals surface area contributed by atoms with Crippen molar-refractivity contribution >= 4 is 0 Å². The van der Waals surface area contributed by atoms with E-state index in [1.807, 2.05) is 6.07 Å². The van der Waals surface area contributed by atoms with E-state index in [1.54, 1.807) is 12.1 Å². The van der Waals surface area contributed by atoms with Crippen LogP contribution in [0.4, 0.5) is 17.6 Å². The van der Waals surface area contributed by atoms with Gasteiger partial charge in [-0.25, -0.2) is 4.39 Å². The van der Waals surface area contributed by atoms with Crippen molar-refractivity contribution in [1.82, 2.24) is 0 Å². The third-order valence-electron chi connectivity index (χ3n) is 5.41. The van der Waals surface area contributed by atoms with E-state index in [0.717, 1.165) is 24.3 Å². The molecule has 27 heavy (non-hydrogen) atoms. The lowest BCUT2D eigenvalue weighted by Crippen LogP contribution is -2.16. The zero-order valence-electron chi connectivity index (χ0n) is 15.4. The van der Waals surface area contributed by atoms with Gasteiger partial charge in [0, 0.05) is 5.56 Å². The van der Waals surface area contributed by atoms with Crippen LogP contribution < -0.4 is 4.74 Å². The molecule has 1 fully saturated rings. The van der Waals surface area contributed by atoms with E-state index in [2.05, 4.69) is 11.7 Å². The third-order valence-corrected chi connectivity index (χ3v) is 5.41. The second-order valence-corrected chi connectivity index (χ2v) is 7.32. The highest BCUT2D eigenvalue weighted by Crippen LogP contribution is 2.38. The number of hydrogen-bond donors (Lipinski definition) is 0. The minimum Gasteiger partial charge on any atom is -0.406 e. The summed E-state index contributed by atoms with van der Waals surface area (Å²) in [5.41, 5.74) is 1.93. The van der Waals surface area contributed by atoms with E-state index >= 15 is 0 Å². The van der Waals surface area contributed by atoms with Crippen molar-refractivity contribution in [2.45, 2.75) is 57.7 Å². The van der Waals surface area contributed by atoms with Crippen LogP contribution in [-0.2, 0) is 0 Å². The molecule has 0 heterocycles. The molecule has 5 heteroatoms. The van der Waals surface area contributed by atoms with Gasteiger partial charge in [0.1, 0.15) is 11.6 Å². The zero-order chi connectivity index (χ0) is 19.4. The quantitative estimate of drug-likeness (QED) is 0.489. The molecule has 0 N–H and O–H groups in total. The van der Waals surface area contributed by atoms with Crippen molar-refractivity contribution in [2.24, 2.45) is 5.92 Å². The number of halogens is 4. The molecule has 146 valence electrons. The van der Waals surface area contributed by atoms with Crippen LogP contribution in [0, 0.1) is 11.7 Å². The van der Waals surface area contributed by atoms with Crippen molar-refractivity contribution < 1.29 is 22.3 Å². The van der Waals surface area contributed by atoms with Gasteiger partial charge in [-0.3, -0.25) is 0 Å². The van der Waals surface area contributed by atoms with E-state index in [4.69, 9.17) is 0 Å². The van der Waals surface area contributed by atoms with Gasteiger partial charge in [0.15, 0.2) is 0 Å². The van der Waals surface area contributed by atoms with E-state index < -0.39 is 6.36 Å². The normalized spacial score (nSPS) is 20.5. The summed E-state index contributed by atoms with van der Waals surface area (Å²) in [5, 5.41) is 0. The van der Waals surface area contributed by atoms with Crippen LogP contribution in [0.25, 0.3) is 11.1 Å². The zero-order valence-corrected chi connectivity index (χ0v) is 15.4. The Kier molecular flexibility index (Phi) is 6.08. The summed E-state index contributed by atoms with van der Waals surface area (Å²) in [4.78, 5) is 0. The maximum atomic E-state index is 14.6. The minimum absolute atomic E-state index is 0.313. The summed E-state index contributed by atoms with van der Waals surface area (Å²) >= 11 is 0. The predicted molar refractivity (Wildman–Crippen MR) is 98.1 cm³/mol. The SMILES string of the molecule is CCCC1CCC(c2ccc(-c3ccc(OC(F)(F)F)cc3)c(F)c2)CC1. The number of alkyl halides is 3. The van der Waals surface area contributed by atoms with Gasteiger partial charge in [0.05, 0.1) is 0 Å². The molecule has 0 aromatic heterocycles. The van der Waals surface area contributed by atoms with E-state index in [9.17, 15) is 17.6 Å². The molecule has 0 atom stereocenters. The van der Waals surface area contributed by atoms with Gasteiger partial charge >= 0.3 is 6.36 Å². The van der Waals surface area contributed by atoms with Crippen LogP contribution >= 0.6 is 0 Å². The van der Waals surface area contributed by atoms with E-state index in [1.165, 1.54) is 49.9 Å². The largest absolute Gasteiger partial charge is 0.573 e. The Labute approximate surface area is 157 Å². The smallest absolute Gasteiger partial charge is 0.406 e. The van der Waals surface area contributed by atoms with Gasteiger partial charge < -0.3 is 4.74 Å². The molecular formula is C22H24F4O. The first-order valence-corrected chi connectivity index (χ1v) is 9.51. The van der Waals surface area contributed by atoms with Gasteiger partial charge in [0.25, 0.3) is 0 Å². The van der Waals surface area contributed by atoms with Gasteiger partial charge in [0.2, 0.25) is 0 Å². The summed E-state index contributed by atoms with van der Waals surface area (Å²) < 4.78 is 55.2. The predicted octanol–water partition coefficient (Wildman–Crippen LogP) is 7.47. The fraction of sp³-hybridized carbons (Fsp3) is 0.455. The molecule has 0 bridgehead atoms. The summed E-state index contributed by atoms with van der Waals surface area (Å²) in [7, 11) is 0. The second-order valence-electron chi connectivity index (χ2n) is 7.32. The lowest BCUT2D eigenvalue weighted by atomic mass is 9.77. The number of benzene rings is 2.